The minimum atomic E-state index is -1.03. The van der Waals surface area contributed by atoms with Crippen molar-refractivity contribution < 1.29 is 18.0 Å². The Bertz CT molecular complexity index is 645. The van der Waals surface area contributed by atoms with Gasteiger partial charge in [-0.1, -0.05) is 27.6 Å². The zero-order valence-electron chi connectivity index (χ0n) is 9.81. The van der Waals surface area contributed by atoms with Gasteiger partial charge in [-0.3, -0.25) is 4.79 Å². The van der Waals surface area contributed by atoms with Crippen LogP contribution in [0.2, 0.25) is 0 Å². The largest absolute Gasteiger partial charge is 0.288 e. The van der Waals surface area contributed by atoms with Gasteiger partial charge in [0.2, 0.25) is 5.78 Å². The van der Waals surface area contributed by atoms with Crippen molar-refractivity contribution in [2.75, 3.05) is 0 Å². The highest BCUT2D eigenvalue weighted by Crippen LogP contribution is 2.23. The van der Waals surface area contributed by atoms with Gasteiger partial charge in [0.15, 0.2) is 0 Å². The Morgan fingerprint density at radius 2 is 1.58 bits per heavy atom. The number of aryl methyl sites for hydroxylation is 1. The molecule has 1 nitrogen and oxygen atoms in total. The van der Waals surface area contributed by atoms with Gasteiger partial charge < -0.3 is 0 Å². The fraction of sp³-hybridized carbons (Fsp3) is 0.0714. The minimum Gasteiger partial charge on any atom is -0.288 e. The van der Waals surface area contributed by atoms with E-state index >= 15 is 0 Å². The molecular weight excluding hydrogens is 321 g/mol. The lowest BCUT2D eigenvalue weighted by molar-refractivity contribution is 0.102. The second-order valence-corrected chi connectivity index (χ2v) is 4.97. The van der Waals surface area contributed by atoms with E-state index in [1.54, 1.807) is 6.92 Å². The molecule has 0 heterocycles. The summed E-state index contributed by atoms with van der Waals surface area (Å²) >= 11 is 2.91. The van der Waals surface area contributed by atoms with Crippen molar-refractivity contribution in [1.29, 1.82) is 0 Å². The molecule has 0 aliphatic heterocycles. The van der Waals surface area contributed by atoms with Gasteiger partial charge in [0.1, 0.15) is 17.5 Å². The first kappa shape index (κ1) is 13.8. The molecule has 0 atom stereocenters. The smallest absolute Gasteiger partial charge is 0.201 e. The van der Waals surface area contributed by atoms with Crippen LogP contribution in [0.1, 0.15) is 21.5 Å². The number of rotatable bonds is 2. The maximum Gasteiger partial charge on any atom is 0.201 e. The van der Waals surface area contributed by atoms with E-state index in [9.17, 15) is 18.0 Å². The lowest BCUT2D eigenvalue weighted by Gasteiger charge is -2.07. The molecule has 0 aromatic heterocycles. The molecule has 0 fully saturated rings. The third-order valence-electron chi connectivity index (χ3n) is 2.60. The molecule has 0 radical (unpaired) electrons. The van der Waals surface area contributed by atoms with Crippen LogP contribution in [0.5, 0.6) is 0 Å². The summed E-state index contributed by atoms with van der Waals surface area (Å²) in [5, 5.41) is 0. The highest BCUT2D eigenvalue weighted by atomic mass is 79.9. The molecule has 0 bridgehead atoms. The summed E-state index contributed by atoms with van der Waals surface area (Å²) in [6.45, 7) is 1.66. The lowest BCUT2D eigenvalue weighted by atomic mass is 10.00. The molecule has 0 saturated heterocycles. The first-order chi connectivity index (χ1) is 8.90. The van der Waals surface area contributed by atoms with Crippen molar-refractivity contribution in [3.05, 3.63) is 68.9 Å². The van der Waals surface area contributed by atoms with Crippen molar-refractivity contribution in [2.45, 2.75) is 6.92 Å². The first-order valence-electron chi connectivity index (χ1n) is 5.35. The first-order valence-corrected chi connectivity index (χ1v) is 6.15. The normalized spacial score (nSPS) is 10.6. The molecule has 0 N–H and O–H groups in total. The molecule has 19 heavy (non-hydrogen) atoms. The van der Waals surface area contributed by atoms with Gasteiger partial charge in [-0.05, 0) is 31.2 Å². The van der Waals surface area contributed by atoms with E-state index in [1.165, 1.54) is 12.1 Å². The fourth-order valence-electron chi connectivity index (χ4n) is 1.71. The Kier molecular flexibility index (Phi) is 3.75. The van der Waals surface area contributed by atoms with Crippen LogP contribution in [0.3, 0.4) is 0 Å². The molecule has 0 aliphatic carbocycles. The average Bonchev–Trinajstić information content (AvgIpc) is 2.30. The van der Waals surface area contributed by atoms with Crippen LogP contribution in [-0.2, 0) is 0 Å². The molecule has 0 amide bonds. The second-order valence-electron chi connectivity index (χ2n) is 4.06. The lowest BCUT2D eigenvalue weighted by Crippen LogP contribution is -2.10. The third-order valence-corrected chi connectivity index (χ3v) is 3.06. The van der Waals surface area contributed by atoms with Gasteiger partial charge in [0, 0.05) is 4.47 Å². The Labute approximate surface area is 116 Å². The Morgan fingerprint density at radius 3 is 2.16 bits per heavy atom. The van der Waals surface area contributed by atoms with Crippen LogP contribution in [0.25, 0.3) is 0 Å². The van der Waals surface area contributed by atoms with Crippen molar-refractivity contribution in [3.8, 4) is 0 Å². The highest BCUT2D eigenvalue weighted by Gasteiger charge is 2.22. The number of halogens is 4. The van der Waals surface area contributed by atoms with Gasteiger partial charge in [-0.2, -0.15) is 0 Å². The Balaban J connectivity index is 2.59. The second kappa shape index (κ2) is 5.17. The van der Waals surface area contributed by atoms with Crippen LogP contribution in [0, 0.1) is 24.4 Å². The molecule has 0 unspecified atom stereocenters. The summed E-state index contributed by atoms with van der Waals surface area (Å²) in [5.41, 5.74) is -0.476. The number of hydrogen-bond donors (Lipinski definition) is 0. The fourth-order valence-corrected chi connectivity index (χ4v) is 2.11. The van der Waals surface area contributed by atoms with E-state index in [-0.39, 0.29) is 10.0 Å². The number of ketones is 1. The van der Waals surface area contributed by atoms with Gasteiger partial charge >= 0.3 is 0 Å². The molecule has 0 aliphatic rings. The summed E-state index contributed by atoms with van der Waals surface area (Å²) < 4.78 is 41.1. The summed E-state index contributed by atoms with van der Waals surface area (Å²) in [7, 11) is 0. The van der Waals surface area contributed by atoms with E-state index in [2.05, 4.69) is 15.9 Å². The summed E-state index contributed by atoms with van der Waals surface area (Å²) in [4.78, 5) is 12.0. The predicted octanol–water partition coefficient (Wildman–Crippen LogP) is 4.41. The summed E-state index contributed by atoms with van der Waals surface area (Å²) in [6.07, 6.45) is 0. The Hall–Kier alpha value is -1.62. The zero-order valence-corrected chi connectivity index (χ0v) is 11.4. The number of carbonyl (C=O) groups excluding carboxylic acids is 1. The summed E-state index contributed by atoms with van der Waals surface area (Å²) in [5.74, 6) is -3.88. The van der Waals surface area contributed by atoms with E-state index in [4.69, 9.17) is 0 Å². The molecule has 2 rings (SSSR count). The number of hydrogen-bond acceptors (Lipinski definition) is 1. The zero-order chi connectivity index (χ0) is 14.2. The predicted molar refractivity (Wildman–Crippen MR) is 68.6 cm³/mol. The van der Waals surface area contributed by atoms with Crippen LogP contribution in [0.4, 0.5) is 13.2 Å². The SMILES string of the molecule is Cc1ccc(F)c(C(=O)c2c(F)cc(Br)cc2F)c1. The van der Waals surface area contributed by atoms with Crippen molar-refractivity contribution in [2.24, 2.45) is 0 Å². The van der Waals surface area contributed by atoms with E-state index in [0.29, 0.717) is 5.56 Å². The van der Waals surface area contributed by atoms with Crippen molar-refractivity contribution in [3.63, 3.8) is 0 Å². The van der Waals surface area contributed by atoms with Gasteiger partial charge in [0.25, 0.3) is 0 Å². The van der Waals surface area contributed by atoms with E-state index < -0.39 is 28.8 Å². The topological polar surface area (TPSA) is 17.1 Å². The Morgan fingerprint density at radius 1 is 1.00 bits per heavy atom. The number of benzene rings is 2. The van der Waals surface area contributed by atoms with Gasteiger partial charge in [-0.15, -0.1) is 0 Å². The maximum absolute atomic E-state index is 13.7. The molecule has 2 aromatic carbocycles. The van der Waals surface area contributed by atoms with Crippen molar-refractivity contribution >= 4 is 21.7 Å². The highest BCUT2D eigenvalue weighted by molar-refractivity contribution is 9.10. The molecule has 0 spiro atoms. The molecule has 5 heteroatoms. The molecule has 0 saturated carbocycles. The quantitative estimate of drug-likeness (QED) is 0.746. The molecule has 2 aromatic rings. The van der Waals surface area contributed by atoms with Gasteiger partial charge in [0.05, 0.1) is 11.1 Å². The summed E-state index contributed by atoms with van der Waals surface area (Å²) in [6, 6.07) is 5.75. The average molecular weight is 329 g/mol. The third kappa shape index (κ3) is 2.71. The van der Waals surface area contributed by atoms with E-state index in [0.717, 1.165) is 18.2 Å². The molecular formula is C14H8BrF3O. The van der Waals surface area contributed by atoms with E-state index in [1.807, 2.05) is 0 Å². The standard InChI is InChI=1S/C14H8BrF3O/c1-7-2-3-10(16)9(4-7)14(19)13-11(17)5-8(15)6-12(13)18/h2-6H,1H3. The van der Waals surface area contributed by atoms with Gasteiger partial charge in [-0.25, -0.2) is 13.2 Å². The monoisotopic (exact) mass is 328 g/mol. The van der Waals surface area contributed by atoms with Crippen LogP contribution in [-0.4, -0.2) is 5.78 Å². The number of carbonyl (C=O) groups is 1. The van der Waals surface area contributed by atoms with Crippen molar-refractivity contribution in [1.82, 2.24) is 0 Å². The van der Waals surface area contributed by atoms with Crippen LogP contribution in [0.15, 0.2) is 34.8 Å². The van der Waals surface area contributed by atoms with Crippen LogP contribution < -0.4 is 0 Å². The maximum atomic E-state index is 13.7. The molecule has 98 valence electrons. The minimum absolute atomic E-state index is 0.170. The van der Waals surface area contributed by atoms with Crippen LogP contribution >= 0.6 is 15.9 Å².